The Balaban J connectivity index is 1.72. The van der Waals surface area contributed by atoms with Crippen molar-refractivity contribution in [3.63, 3.8) is 0 Å². The molecular formula is C13H16ClFN4O2. The zero-order chi connectivity index (χ0) is 15.0. The Labute approximate surface area is 126 Å². The number of hydrogen-bond acceptors (Lipinski definition) is 5. The second-order valence-electron chi connectivity index (χ2n) is 5.68. The molecule has 1 amide bonds. The summed E-state index contributed by atoms with van der Waals surface area (Å²) in [5, 5.41) is 3.05. The predicted octanol–water partition coefficient (Wildman–Crippen LogP) is 2.44. The van der Waals surface area contributed by atoms with Crippen molar-refractivity contribution in [1.29, 1.82) is 0 Å². The summed E-state index contributed by atoms with van der Waals surface area (Å²) in [5.74, 6) is -0.450. The van der Waals surface area contributed by atoms with Gasteiger partial charge in [-0.05, 0) is 30.9 Å². The maximum Gasteiger partial charge on any atom is 0.410 e. The van der Waals surface area contributed by atoms with Crippen LogP contribution in [0.4, 0.5) is 15.0 Å². The summed E-state index contributed by atoms with van der Waals surface area (Å²) in [6, 6.07) is -0.0153. The van der Waals surface area contributed by atoms with Gasteiger partial charge in [0.2, 0.25) is 5.28 Å². The van der Waals surface area contributed by atoms with Gasteiger partial charge >= 0.3 is 6.09 Å². The molecule has 1 saturated carbocycles. The second-order valence-corrected chi connectivity index (χ2v) is 6.02. The normalized spacial score (nSPS) is 28.8. The number of anilines is 1. The van der Waals surface area contributed by atoms with Crippen molar-refractivity contribution in [2.75, 3.05) is 18.9 Å². The van der Waals surface area contributed by atoms with E-state index in [4.69, 9.17) is 16.3 Å². The van der Waals surface area contributed by atoms with Crippen molar-refractivity contribution in [2.45, 2.75) is 37.3 Å². The monoisotopic (exact) mass is 314 g/mol. The van der Waals surface area contributed by atoms with Gasteiger partial charge in [0.15, 0.2) is 11.6 Å². The lowest BCUT2D eigenvalue weighted by molar-refractivity contribution is 0.0222. The van der Waals surface area contributed by atoms with E-state index < -0.39 is 11.4 Å². The van der Waals surface area contributed by atoms with Gasteiger partial charge in [0.25, 0.3) is 0 Å². The lowest BCUT2D eigenvalue weighted by atomic mass is 9.81. The molecule has 3 rings (SSSR count). The van der Waals surface area contributed by atoms with E-state index in [0.29, 0.717) is 13.0 Å². The number of aromatic nitrogens is 2. The topological polar surface area (TPSA) is 67.3 Å². The van der Waals surface area contributed by atoms with E-state index in [2.05, 4.69) is 15.3 Å². The molecule has 1 aromatic rings. The average molecular weight is 315 g/mol. The number of halogens is 2. The predicted molar refractivity (Wildman–Crippen MR) is 74.7 cm³/mol. The fourth-order valence-corrected chi connectivity index (χ4v) is 3.25. The third-order valence-corrected chi connectivity index (χ3v) is 4.18. The second kappa shape index (κ2) is 5.29. The molecule has 21 heavy (non-hydrogen) atoms. The van der Waals surface area contributed by atoms with E-state index in [1.54, 1.807) is 11.9 Å². The summed E-state index contributed by atoms with van der Waals surface area (Å²) in [5.41, 5.74) is -0.477. The minimum absolute atomic E-state index is 0.00329. The highest BCUT2D eigenvalue weighted by atomic mass is 35.5. The number of nitrogens with one attached hydrogen (secondary N) is 1. The van der Waals surface area contributed by atoms with Crippen LogP contribution in [0.3, 0.4) is 0 Å². The van der Waals surface area contributed by atoms with Crippen LogP contribution >= 0.6 is 11.6 Å². The first-order valence-electron chi connectivity index (χ1n) is 6.86. The number of carbonyl (C=O) groups excluding carboxylic acids is 1. The molecular weight excluding hydrogens is 299 g/mol. The standard InChI is InChI=1S/C13H16ClFN4O2/c1-19-7-13(21-12(19)20)4-2-3-8(5-13)17-10-9(15)6-16-11(14)18-10/h6,8H,2-5,7H2,1H3,(H,16,17,18)/t8-,13+/m0/s1. The van der Waals surface area contributed by atoms with Gasteiger partial charge in [0, 0.05) is 19.5 Å². The summed E-state index contributed by atoms with van der Waals surface area (Å²) in [4.78, 5) is 20.6. The molecule has 8 heteroatoms. The smallest absolute Gasteiger partial charge is 0.410 e. The van der Waals surface area contributed by atoms with Crippen molar-refractivity contribution in [1.82, 2.24) is 14.9 Å². The molecule has 1 N–H and O–H groups in total. The highest BCUT2D eigenvalue weighted by Crippen LogP contribution is 2.37. The summed E-state index contributed by atoms with van der Waals surface area (Å²) in [7, 11) is 1.72. The minimum Gasteiger partial charge on any atom is -0.441 e. The van der Waals surface area contributed by atoms with Crippen LogP contribution in [-0.4, -0.2) is 46.2 Å². The van der Waals surface area contributed by atoms with E-state index in [9.17, 15) is 9.18 Å². The molecule has 2 atom stereocenters. The molecule has 1 spiro atoms. The maximum absolute atomic E-state index is 13.7. The minimum atomic E-state index is -0.542. The van der Waals surface area contributed by atoms with E-state index in [1.165, 1.54) is 0 Å². The van der Waals surface area contributed by atoms with Crippen LogP contribution in [0.2, 0.25) is 5.28 Å². The van der Waals surface area contributed by atoms with Crippen LogP contribution in [0.1, 0.15) is 25.7 Å². The van der Waals surface area contributed by atoms with Crippen LogP contribution < -0.4 is 5.32 Å². The van der Waals surface area contributed by atoms with E-state index in [0.717, 1.165) is 25.5 Å². The maximum atomic E-state index is 13.7. The molecule has 1 saturated heterocycles. The Morgan fingerprint density at radius 1 is 1.62 bits per heavy atom. The Morgan fingerprint density at radius 2 is 2.43 bits per heavy atom. The molecule has 1 aromatic heterocycles. The molecule has 0 aromatic carbocycles. The number of nitrogens with zero attached hydrogens (tertiary/aromatic N) is 3. The summed E-state index contributed by atoms with van der Waals surface area (Å²) >= 11 is 5.69. The Hall–Kier alpha value is -1.63. The van der Waals surface area contributed by atoms with Gasteiger partial charge in [-0.25, -0.2) is 14.2 Å². The number of ether oxygens (including phenoxy) is 1. The zero-order valence-electron chi connectivity index (χ0n) is 11.6. The van der Waals surface area contributed by atoms with Gasteiger partial charge in [0.1, 0.15) is 5.60 Å². The fraction of sp³-hybridized carbons (Fsp3) is 0.615. The summed E-state index contributed by atoms with van der Waals surface area (Å²) in [6.07, 6.45) is 3.97. The van der Waals surface area contributed by atoms with Gasteiger partial charge in [0.05, 0.1) is 12.7 Å². The Morgan fingerprint density at radius 3 is 3.14 bits per heavy atom. The van der Waals surface area contributed by atoms with E-state index in [-0.39, 0.29) is 23.2 Å². The van der Waals surface area contributed by atoms with Gasteiger partial charge in [-0.2, -0.15) is 4.98 Å². The number of carbonyl (C=O) groups is 1. The van der Waals surface area contributed by atoms with Crippen molar-refractivity contribution in [2.24, 2.45) is 0 Å². The molecule has 114 valence electrons. The molecule has 6 nitrogen and oxygen atoms in total. The molecule has 0 radical (unpaired) electrons. The molecule has 2 fully saturated rings. The third-order valence-electron chi connectivity index (χ3n) is 4.00. The lowest BCUT2D eigenvalue weighted by Gasteiger charge is -2.36. The number of amides is 1. The molecule has 1 aliphatic carbocycles. The van der Waals surface area contributed by atoms with Crippen molar-refractivity contribution in [3.05, 3.63) is 17.3 Å². The molecule has 2 aliphatic rings. The first kappa shape index (κ1) is 14.3. The van der Waals surface area contributed by atoms with Gasteiger partial charge < -0.3 is 15.0 Å². The Bertz CT molecular complexity index is 573. The number of hydrogen-bond donors (Lipinski definition) is 1. The quantitative estimate of drug-likeness (QED) is 0.849. The van der Waals surface area contributed by atoms with Gasteiger partial charge in [-0.1, -0.05) is 0 Å². The molecule has 0 unspecified atom stereocenters. The van der Waals surface area contributed by atoms with Gasteiger partial charge in [-0.3, -0.25) is 0 Å². The third kappa shape index (κ3) is 2.88. The summed E-state index contributed by atoms with van der Waals surface area (Å²) < 4.78 is 19.2. The average Bonchev–Trinajstić information content (AvgIpc) is 2.68. The Kier molecular flexibility index (Phi) is 3.61. The number of rotatable bonds is 2. The van der Waals surface area contributed by atoms with Gasteiger partial charge in [-0.15, -0.1) is 0 Å². The first-order chi connectivity index (χ1) is 9.97. The molecule has 1 aliphatic heterocycles. The van der Waals surface area contributed by atoms with Crippen molar-refractivity contribution >= 4 is 23.5 Å². The molecule has 2 heterocycles. The van der Waals surface area contributed by atoms with Crippen molar-refractivity contribution < 1.29 is 13.9 Å². The zero-order valence-corrected chi connectivity index (χ0v) is 12.4. The largest absolute Gasteiger partial charge is 0.441 e. The van der Waals surface area contributed by atoms with Crippen LogP contribution in [-0.2, 0) is 4.74 Å². The highest BCUT2D eigenvalue weighted by Gasteiger charge is 2.46. The van der Waals surface area contributed by atoms with Crippen LogP contribution in [0.5, 0.6) is 0 Å². The van der Waals surface area contributed by atoms with Crippen molar-refractivity contribution in [3.8, 4) is 0 Å². The number of likely N-dealkylation sites (N-methyl/N-ethyl adjacent to an activating group) is 1. The van der Waals surface area contributed by atoms with Crippen LogP contribution in [0, 0.1) is 5.82 Å². The highest BCUT2D eigenvalue weighted by molar-refractivity contribution is 6.28. The van der Waals surface area contributed by atoms with Crippen LogP contribution in [0.15, 0.2) is 6.20 Å². The van der Waals surface area contributed by atoms with E-state index >= 15 is 0 Å². The SMILES string of the molecule is CN1C[C@]2(CCC[C@H](Nc3nc(Cl)ncc3F)C2)OC1=O. The van der Waals surface area contributed by atoms with Crippen LogP contribution in [0.25, 0.3) is 0 Å². The van der Waals surface area contributed by atoms with E-state index in [1.807, 2.05) is 0 Å². The summed E-state index contributed by atoms with van der Waals surface area (Å²) in [6.45, 7) is 0.566. The fourth-order valence-electron chi connectivity index (χ4n) is 3.12. The first-order valence-corrected chi connectivity index (χ1v) is 7.24. The lowest BCUT2D eigenvalue weighted by Crippen LogP contribution is -2.43. The molecule has 0 bridgehead atoms.